The van der Waals surface area contributed by atoms with Crippen LogP contribution in [0.5, 0.6) is 0 Å². The molecule has 6 nitrogen and oxygen atoms in total. The molecular weight excluding hydrogens is 244 g/mol. The van der Waals surface area contributed by atoms with Crippen molar-refractivity contribution < 1.29 is 4.92 Å². The number of nitro benzene ring substituents is 1. The van der Waals surface area contributed by atoms with Gasteiger partial charge in [-0.25, -0.2) is 0 Å². The first-order valence-corrected chi connectivity index (χ1v) is 6.22. The molecule has 2 unspecified atom stereocenters. The molecule has 2 rings (SSSR count). The van der Waals surface area contributed by atoms with Crippen molar-refractivity contribution in [3.05, 3.63) is 33.9 Å². The zero-order valence-corrected chi connectivity index (χ0v) is 10.7. The van der Waals surface area contributed by atoms with Gasteiger partial charge in [0.05, 0.1) is 16.2 Å². The number of non-ortho nitro benzene ring substituents is 1. The number of nitro groups is 1. The van der Waals surface area contributed by atoms with Gasteiger partial charge in [0.15, 0.2) is 0 Å². The summed E-state index contributed by atoms with van der Waals surface area (Å²) in [5.74, 6) is 0.414. The van der Waals surface area contributed by atoms with E-state index in [-0.39, 0.29) is 5.69 Å². The van der Waals surface area contributed by atoms with Crippen molar-refractivity contribution in [2.75, 3.05) is 18.0 Å². The van der Waals surface area contributed by atoms with E-state index in [1.807, 2.05) is 6.07 Å². The molecule has 19 heavy (non-hydrogen) atoms. The van der Waals surface area contributed by atoms with Crippen molar-refractivity contribution in [2.24, 2.45) is 11.7 Å². The van der Waals surface area contributed by atoms with E-state index in [0.29, 0.717) is 24.1 Å². The lowest BCUT2D eigenvalue weighted by Gasteiger charge is -2.24. The summed E-state index contributed by atoms with van der Waals surface area (Å²) in [6, 6.07) is 6.77. The maximum atomic E-state index is 10.7. The van der Waals surface area contributed by atoms with Gasteiger partial charge >= 0.3 is 0 Å². The van der Waals surface area contributed by atoms with Gasteiger partial charge in [0.25, 0.3) is 5.69 Å². The van der Waals surface area contributed by atoms with E-state index in [1.54, 1.807) is 6.07 Å². The third kappa shape index (κ3) is 2.51. The molecule has 0 aliphatic carbocycles. The molecule has 2 N–H and O–H groups in total. The maximum absolute atomic E-state index is 10.7. The van der Waals surface area contributed by atoms with Crippen LogP contribution in [0.4, 0.5) is 11.4 Å². The largest absolute Gasteiger partial charge is 0.367 e. The highest BCUT2D eigenvalue weighted by molar-refractivity contribution is 5.63. The highest BCUT2D eigenvalue weighted by Crippen LogP contribution is 2.32. The van der Waals surface area contributed by atoms with Crippen LogP contribution >= 0.6 is 0 Å². The molecule has 0 radical (unpaired) electrons. The Kier molecular flexibility index (Phi) is 3.67. The van der Waals surface area contributed by atoms with E-state index < -0.39 is 4.92 Å². The topological polar surface area (TPSA) is 96.2 Å². The van der Waals surface area contributed by atoms with Gasteiger partial charge < -0.3 is 10.6 Å². The van der Waals surface area contributed by atoms with Crippen LogP contribution in [-0.2, 0) is 0 Å². The van der Waals surface area contributed by atoms with Gasteiger partial charge in [0.1, 0.15) is 6.07 Å². The third-order valence-electron chi connectivity index (χ3n) is 3.62. The molecule has 6 heteroatoms. The Morgan fingerprint density at radius 1 is 1.63 bits per heavy atom. The summed E-state index contributed by atoms with van der Waals surface area (Å²) < 4.78 is 0. The normalized spacial score (nSPS) is 22.3. The minimum atomic E-state index is -0.485. The second-order valence-corrected chi connectivity index (χ2v) is 4.91. The van der Waals surface area contributed by atoms with Crippen molar-refractivity contribution in [3.63, 3.8) is 0 Å². The molecule has 0 spiro atoms. The first kappa shape index (κ1) is 13.3. The number of nitriles is 1. The van der Waals surface area contributed by atoms with E-state index >= 15 is 0 Å². The Morgan fingerprint density at radius 2 is 2.37 bits per heavy atom. The Morgan fingerprint density at radius 3 is 2.89 bits per heavy atom. The number of hydrogen-bond donors (Lipinski definition) is 1. The van der Waals surface area contributed by atoms with Crippen LogP contribution in [0.15, 0.2) is 18.2 Å². The summed E-state index contributed by atoms with van der Waals surface area (Å²) in [4.78, 5) is 12.4. The van der Waals surface area contributed by atoms with Crippen LogP contribution in [0, 0.1) is 27.4 Å². The van der Waals surface area contributed by atoms with E-state index in [2.05, 4.69) is 11.8 Å². The van der Waals surface area contributed by atoms with Crippen LogP contribution in [0.25, 0.3) is 0 Å². The fourth-order valence-corrected chi connectivity index (χ4v) is 2.63. The van der Waals surface area contributed by atoms with E-state index in [4.69, 9.17) is 5.73 Å². The molecule has 2 atom stereocenters. The van der Waals surface area contributed by atoms with Gasteiger partial charge in [-0.1, -0.05) is 0 Å². The molecule has 0 bridgehead atoms. The van der Waals surface area contributed by atoms with Crippen molar-refractivity contribution in [3.8, 4) is 6.07 Å². The second kappa shape index (κ2) is 5.24. The molecule has 1 fully saturated rings. The zero-order valence-electron chi connectivity index (χ0n) is 10.7. The smallest absolute Gasteiger partial charge is 0.270 e. The monoisotopic (exact) mass is 260 g/mol. The van der Waals surface area contributed by atoms with E-state index in [0.717, 1.165) is 18.7 Å². The van der Waals surface area contributed by atoms with Crippen LogP contribution in [0.3, 0.4) is 0 Å². The lowest BCUT2D eigenvalue weighted by molar-refractivity contribution is -0.384. The number of nitrogens with zero attached hydrogens (tertiary/aromatic N) is 3. The highest BCUT2D eigenvalue weighted by atomic mass is 16.6. The molecule has 0 aromatic heterocycles. The molecular formula is C13H16N4O2. The van der Waals surface area contributed by atoms with Crippen molar-refractivity contribution in [1.82, 2.24) is 0 Å². The molecule has 1 aromatic carbocycles. The maximum Gasteiger partial charge on any atom is 0.270 e. The lowest BCUT2D eigenvalue weighted by atomic mass is 10.1. The fraction of sp³-hybridized carbons (Fsp3) is 0.462. The minimum absolute atomic E-state index is 0.0532. The van der Waals surface area contributed by atoms with Gasteiger partial charge in [-0.3, -0.25) is 10.1 Å². The third-order valence-corrected chi connectivity index (χ3v) is 3.62. The molecule has 1 heterocycles. The van der Waals surface area contributed by atoms with Crippen molar-refractivity contribution in [1.29, 1.82) is 5.26 Å². The first-order chi connectivity index (χ1) is 9.06. The molecule has 1 saturated heterocycles. The standard InChI is InChI=1S/C13H16N4O2/c1-9-4-10(6-14)8-16(9)13-3-2-12(17(18)19)5-11(13)7-15/h2-3,5,9-10H,4,6,8,14H2,1H3. The zero-order chi connectivity index (χ0) is 14.0. The van der Waals surface area contributed by atoms with Crippen molar-refractivity contribution in [2.45, 2.75) is 19.4 Å². The van der Waals surface area contributed by atoms with Crippen LogP contribution in [0.2, 0.25) is 0 Å². The summed E-state index contributed by atoms with van der Waals surface area (Å²) in [6.07, 6.45) is 0.984. The Hall–Kier alpha value is -2.13. The van der Waals surface area contributed by atoms with Crippen LogP contribution < -0.4 is 10.6 Å². The van der Waals surface area contributed by atoms with Crippen LogP contribution in [0.1, 0.15) is 18.9 Å². The quantitative estimate of drug-likeness (QED) is 0.658. The molecule has 1 aromatic rings. The highest BCUT2D eigenvalue weighted by Gasteiger charge is 2.30. The number of anilines is 1. The molecule has 1 aliphatic rings. The number of rotatable bonds is 3. The number of hydrogen-bond acceptors (Lipinski definition) is 5. The van der Waals surface area contributed by atoms with Crippen LogP contribution in [-0.4, -0.2) is 24.1 Å². The predicted molar refractivity (Wildman–Crippen MR) is 71.8 cm³/mol. The predicted octanol–water partition coefficient (Wildman–Crippen LogP) is 1.64. The molecule has 100 valence electrons. The molecule has 1 aliphatic heterocycles. The summed E-state index contributed by atoms with van der Waals surface area (Å²) >= 11 is 0. The number of benzene rings is 1. The fourth-order valence-electron chi connectivity index (χ4n) is 2.63. The van der Waals surface area contributed by atoms with Gasteiger partial charge in [-0.15, -0.1) is 0 Å². The average molecular weight is 260 g/mol. The number of nitrogens with two attached hydrogens (primary N) is 1. The molecule has 0 amide bonds. The summed E-state index contributed by atoms with van der Waals surface area (Å²) in [7, 11) is 0. The minimum Gasteiger partial charge on any atom is -0.367 e. The average Bonchev–Trinajstić information content (AvgIpc) is 2.79. The Balaban J connectivity index is 2.35. The van der Waals surface area contributed by atoms with E-state index in [1.165, 1.54) is 12.1 Å². The Labute approximate surface area is 111 Å². The van der Waals surface area contributed by atoms with Gasteiger partial charge in [0, 0.05) is 24.7 Å². The summed E-state index contributed by atoms with van der Waals surface area (Å²) in [6.45, 7) is 3.50. The van der Waals surface area contributed by atoms with Crippen molar-refractivity contribution >= 4 is 11.4 Å². The van der Waals surface area contributed by atoms with Gasteiger partial charge in [0.2, 0.25) is 0 Å². The van der Waals surface area contributed by atoms with E-state index in [9.17, 15) is 15.4 Å². The summed E-state index contributed by atoms with van der Waals surface area (Å²) in [5, 5.41) is 19.9. The first-order valence-electron chi connectivity index (χ1n) is 6.22. The SMILES string of the molecule is CC1CC(CN)CN1c1ccc([N+](=O)[O-])cc1C#N. The second-order valence-electron chi connectivity index (χ2n) is 4.91. The Bertz CT molecular complexity index is 538. The summed E-state index contributed by atoms with van der Waals surface area (Å²) in [5.41, 5.74) is 6.74. The van der Waals surface area contributed by atoms with Gasteiger partial charge in [-0.05, 0) is 31.9 Å². The lowest BCUT2D eigenvalue weighted by Crippen LogP contribution is -2.28. The van der Waals surface area contributed by atoms with Gasteiger partial charge in [-0.2, -0.15) is 5.26 Å². The molecule has 0 saturated carbocycles.